The predicted molar refractivity (Wildman–Crippen MR) is 326 cm³/mol. The van der Waals surface area contributed by atoms with Gasteiger partial charge in [0.2, 0.25) is 5.78 Å². The molecular weight excluding hydrogens is 1210 g/mol. The number of aldehydes is 1. The molecule has 4 aliphatic carbocycles. The van der Waals surface area contributed by atoms with Gasteiger partial charge < -0.3 is 92.4 Å². The Morgan fingerprint density at radius 1 is 0.688 bits per heavy atom. The number of methoxy groups -OCH3 is 1. The standard InChI is InChI=1S/C68H97NO24/c1-30-14-18-47(88-54-28-66(11,64(78)79)60(38(9)86-54)69-65(80)81-13)31(2)23-43-45(73)24-40(29-70)27-68(43)62(76)55(63(77)93-68)61(75)67(12)42(30)16-15-41-56(67)32(3)22-33(4)57(41)92-53-26-49(59(37(8)85-53)87-39(10)71)90-50-21-19-48(35(6)83-50)89-52-25-46(74)58(36(7)84-52)91-51-20-17-44(72)34(5)82-51/h14-16,23-24,29,32-38,41-54,56-60,72-75H,17-22,25-28H2,1-13H3,(H,69,80)(H,78,79)/b30-14+,31-23+,61-55?/t32-,33-,34-,35-,36-,37-,38+,41-,42-,43+,44+,45-,46+,47-,48+,49+,50-,51-,52-,53-,54-,56+,57-,58-,59-,60-,66?,67+,68?/m0/s1. The van der Waals surface area contributed by atoms with Crippen molar-refractivity contribution in [1.29, 1.82) is 0 Å². The van der Waals surface area contributed by atoms with E-state index in [1.165, 1.54) is 27.0 Å². The molecule has 6 heterocycles. The zero-order chi connectivity index (χ0) is 67.5. The molecular formula is C68H97NO24. The Balaban J connectivity index is 0.904. The number of carbonyl (C=O) groups is 6. The van der Waals surface area contributed by atoms with Gasteiger partial charge in [-0.3, -0.25) is 19.2 Å². The highest BCUT2D eigenvalue weighted by Crippen LogP contribution is 2.61. The van der Waals surface area contributed by atoms with Gasteiger partial charge in [-0.25, -0.2) is 9.59 Å². The molecule has 2 bridgehead atoms. The van der Waals surface area contributed by atoms with E-state index in [2.05, 4.69) is 25.2 Å². The molecule has 93 heavy (non-hydrogen) atoms. The number of carboxylic acids is 1. The van der Waals surface area contributed by atoms with E-state index in [9.17, 15) is 49.5 Å². The lowest BCUT2D eigenvalue weighted by molar-refractivity contribution is -0.331. The first-order valence-corrected chi connectivity index (χ1v) is 33.2. The molecule has 6 saturated heterocycles. The Kier molecular flexibility index (Phi) is 21.5. The topological polar surface area (TPSA) is 336 Å². The van der Waals surface area contributed by atoms with Gasteiger partial charge in [-0.1, -0.05) is 50.6 Å². The van der Waals surface area contributed by atoms with Crippen LogP contribution in [0.4, 0.5) is 4.79 Å². The molecule has 6 aliphatic heterocycles. The molecule has 25 nitrogen and oxygen atoms in total. The zero-order valence-electron chi connectivity index (χ0n) is 55.5. The van der Waals surface area contributed by atoms with Crippen LogP contribution in [0.25, 0.3) is 0 Å². The Labute approximate surface area is 543 Å². The van der Waals surface area contributed by atoms with E-state index in [4.69, 9.17) is 61.6 Å². The number of hydrogen-bond acceptors (Lipinski definition) is 23. The lowest BCUT2D eigenvalue weighted by Crippen LogP contribution is -2.61. The first-order chi connectivity index (χ1) is 43.9. The van der Waals surface area contributed by atoms with Crippen molar-refractivity contribution in [3.05, 3.63) is 58.4 Å². The number of aliphatic hydroxyl groups is 4. The number of aliphatic carboxylic acids is 1. The minimum atomic E-state index is -2.19. The van der Waals surface area contributed by atoms with Crippen LogP contribution in [0.1, 0.15) is 147 Å². The van der Waals surface area contributed by atoms with Gasteiger partial charge in [-0.05, 0) is 116 Å². The number of fused-ring (bicyclic) bond motifs is 4. The van der Waals surface area contributed by atoms with Gasteiger partial charge in [0.05, 0.1) is 91.6 Å². The number of aliphatic hydroxyl groups excluding tert-OH is 4. The van der Waals surface area contributed by atoms with Gasteiger partial charge in [0.15, 0.2) is 43.2 Å². The van der Waals surface area contributed by atoms with Crippen LogP contribution in [0.2, 0.25) is 0 Å². The summed E-state index contributed by atoms with van der Waals surface area (Å²) in [4.78, 5) is 81.2. The number of rotatable bonds is 14. The maximum atomic E-state index is 15.6. The largest absolute Gasteiger partial charge is 0.511 e. The van der Waals surface area contributed by atoms with Crippen LogP contribution in [0.15, 0.2) is 58.4 Å². The number of Topliss-reactive ketones (excluding diaryl/α,β-unsaturated/α-hetero) is 1. The predicted octanol–water partition coefficient (Wildman–Crippen LogP) is 6.42. The Morgan fingerprint density at radius 3 is 1.98 bits per heavy atom. The number of amides is 1. The van der Waals surface area contributed by atoms with Gasteiger partial charge >= 0.3 is 24.0 Å². The Bertz CT molecular complexity index is 2950. The fourth-order valence-electron chi connectivity index (χ4n) is 17.0. The molecule has 1 saturated carbocycles. The van der Waals surface area contributed by atoms with Crippen LogP contribution in [-0.2, 0) is 85.6 Å². The van der Waals surface area contributed by atoms with Crippen LogP contribution in [0, 0.1) is 46.3 Å². The molecule has 7 fully saturated rings. The minimum Gasteiger partial charge on any atom is -0.511 e. The van der Waals surface area contributed by atoms with E-state index in [0.29, 0.717) is 44.0 Å². The first-order valence-electron chi connectivity index (χ1n) is 33.2. The highest BCUT2D eigenvalue weighted by atomic mass is 16.8. The monoisotopic (exact) mass is 1310 g/mol. The molecule has 6 N–H and O–H groups in total. The number of alkyl carbamates (subject to hydrolysis) is 1. The van der Waals surface area contributed by atoms with Gasteiger partial charge in [-0.15, -0.1) is 0 Å². The van der Waals surface area contributed by atoms with E-state index in [1.54, 1.807) is 33.8 Å². The van der Waals surface area contributed by atoms with Gasteiger partial charge in [-0.2, -0.15) is 0 Å². The molecule has 25 heteroatoms. The molecule has 518 valence electrons. The third kappa shape index (κ3) is 14.0. The van der Waals surface area contributed by atoms with Crippen molar-refractivity contribution in [2.75, 3.05) is 7.11 Å². The maximum Gasteiger partial charge on any atom is 0.407 e. The highest BCUT2D eigenvalue weighted by Gasteiger charge is 2.65. The van der Waals surface area contributed by atoms with Crippen molar-refractivity contribution in [3.63, 3.8) is 0 Å². The van der Waals surface area contributed by atoms with E-state index in [1.807, 2.05) is 39.8 Å². The molecule has 0 radical (unpaired) electrons. The average Bonchev–Trinajstić information content (AvgIpc) is 1.68. The lowest BCUT2D eigenvalue weighted by atomic mass is 9.49. The van der Waals surface area contributed by atoms with Crippen LogP contribution in [0.3, 0.4) is 0 Å². The number of ether oxygens (including phenoxy) is 13. The number of ketones is 1. The normalized spacial score (nSPS) is 47.4. The summed E-state index contributed by atoms with van der Waals surface area (Å²) < 4.78 is 81.7. The van der Waals surface area contributed by atoms with Crippen molar-refractivity contribution < 1.29 is 116 Å². The molecule has 1 amide bonds. The first kappa shape index (κ1) is 70.8. The third-order valence-electron chi connectivity index (χ3n) is 21.8. The van der Waals surface area contributed by atoms with E-state index < -0.39 is 211 Å². The van der Waals surface area contributed by atoms with Crippen LogP contribution in [0.5, 0.6) is 0 Å². The second-order valence-corrected chi connectivity index (χ2v) is 28.3. The molecule has 0 aromatic carbocycles. The second-order valence-electron chi connectivity index (χ2n) is 28.3. The maximum absolute atomic E-state index is 15.6. The summed E-state index contributed by atoms with van der Waals surface area (Å²) >= 11 is 0. The van der Waals surface area contributed by atoms with E-state index in [-0.39, 0.29) is 43.1 Å². The smallest absolute Gasteiger partial charge is 0.407 e. The molecule has 10 aliphatic rings. The van der Waals surface area contributed by atoms with Crippen LogP contribution in [-0.4, -0.2) is 197 Å². The molecule has 0 aromatic rings. The van der Waals surface area contributed by atoms with Gasteiger partial charge in [0.25, 0.3) is 0 Å². The summed E-state index contributed by atoms with van der Waals surface area (Å²) in [6.07, 6.45) is -3.74. The van der Waals surface area contributed by atoms with Crippen molar-refractivity contribution in [1.82, 2.24) is 5.32 Å². The molecule has 1 spiro atoms. The molecule has 2 unspecified atom stereocenters. The van der Waals surface area contributed by atoms with Gasteiger partial charge in [0.1, 0.15) is 29.8 Å². The summed E-state index contributed by atoms with van der Waals surface area (Å²) in [7, 11) is 1.17. The quantitative estimate of drug-likeness (QED) is 0.0359. The number of nitrogens with one attached hydrogen (secondary N) is 1. The number of esters is 2. The highest BCUT2D eigenvalue weighted by molar-refractivity contribution is 6.26. The zero-order valence-corrected chi connectivity index (χ0v) is 55.5. The number of allylic oxidation sites excluding steroid dienone is 3. The third-order valence-corrected chi connectivity index (χ3v) is 21.8. The summed E-state index contributed by atoms with van der Waals surface area (Å²) in [5.74, 6) is -7.60. The second kappa shape index (κ2) is 28.2. The van der Waals surface area contributed by atoms with Crippen molar-refractivity contribution in [2.24, 2.45) is 46.3 Å². The summed E-state index contributed by atoms with van der Waals surface area (Å²) in [6.45, 7) is 21.2. The van der Waals surface area contributed by atoms with Crippen LogP contribution < -0.4 is 5.32 Å². The Hall–Kier alpha value is -5.00. The summed E-state index contributed by atoms with van der Waals surface area (Å²) in [5, 5.41) is 59.8. The van der Waals surface area contributed by atoms with Crippen LogP contribution >= 0.6 is 0 Å². The van der Waals surface area contributed by atoms with Crippen molar-refractivity contribution in [2.45, 2.75) is 276 Å². The molecule has 29 atom stereocenters. The fourth-order valence-corrected chi connectivity index (χ4v) is 17.0. The molecule has 0 aromatic heterocycles. The fraction of sp³-hybridized carbons (Fsp3) is 0.765. The lowest BCUT2D eigenvalue weighted by Gasteiger charge is -2.56. The SMILES string of the molecule is COC(=O)N[C@H]1[C@@H](C)O[C@@H](O[C@H]2C/C=C(\C)[C@@H]3C=C[C@@H]4[C@@H](O[C@H]5C[C@@H](O[C@H]6CC[C@@H](O[C@H]7C[C@@H](O)[C@@H](O[C@H]8CC[C@@H](O)[C@H](C)O8)[C@H](C)O7)[C@H](C)O6)[C@@H](OC(C)=O)[C@H](C)O5)[C@@H](C)C[C@H](C)[C@H]4[C@]3(C)C(O)=C3C(=O)OC4(CC(C=O)=C[C@H](O)[C@H]4/C=C/2C)C3=O)CC1(C)C(=O)O. The summed E-state index contributed by atoms with van der Waals surface area (Å²) in [6, 6.07) is -1.02. The van der Waals surface area contributed by atoms with Crippen molar-refractivity contribution in [3.8, 4) is 0 Å². The number of hydrogen-bond donors (Lipinski definition) is 6. The summed E-state index contributed by atoms with van der Waals surface area (Å²) in [5.41, 5.74) is -4.64. The van der Waals surface area contributed by atoms with E-state index in [0.717, 1.165) is 5.57 Å². The Morgan fingerprint density at radius 2 is 1.32 bits per heavy atom. The van der Waals surface area contributed by atoms with Gasteiger partial charge in [0, 0.05) is 62.7 Å². The van der Waals surface area contributed by atoms with Crippen molar-refractivity contribution >= 4 is 36.1 Å². The minimum absolute atomic E-state index is 0.00628. The number of carbonyl (C=O) groups excluding carboxylic acids is 5. The average molecular weight is 1310 g/mol. The molecule has 10 rings (SSSR count). The van der Waals surface area contributed by atoms with E-state index >= 15 is 4.79 Å². The number of carboxylic acid groups (broad SMARTS) is 1.